The minimum absolute atomic E-state index is 0.0113. The largest absolute Gasteiger partial charge is 0.497 e. The van der Waals surface area contributed by atoms with Crippen molar-refractivity contribution in [2.45, 2.75) is 103 Å². The second-order valence-corrected chi connectivity index (χ2v) is 14.1. The Bertz CT molecular complexity index is 1510. The van der Waals surface area contributed by atoms with Crippen LogP contribution in [0.3, 0.4) is 0 Å². The second-order valence-electron chi connectivity index (χ2n) is 14.1. The van der Waals surface area contributed by atoms with Crippen LogP contribution in [-0.2, 0) is 14.3 Å². The van der Waals surface area contributed by atoms with Crippen LogP contribution in [0.1, 0.15) is 78.3 Å². The Morgan fingerprint density at radius 3 is 2.56 bits per heavy atom. The highest BCUT2D eigenvalue weighted by Gasteiger charge is 2.70. The number of alkyl carbamates (subject to hydrolysis) is 1. The first-order valence-electron chi connectivity index (χ1n) is 15.9. The lowest BCUT2D eigenvalue weighted by molar-refractivity contribution is -0.141. The van der Waals surface area contributed by atoms with Gasteiger partial charge in [-0.1, -0.05) is 34.1 Å². The summed E-state index contributed by atoms with van der Waals surface area (Å²) in [6.45, 7) is 8.84. The van der Waals surface area contributed by atoms with Crippen molar-refractivity contribution in [2.75, 3.05) is 13.7 Å². The van der Waals surface area contributed by atoms with Crippen LogP contribution in [0.15, 0.2) is 18.2 Å². The number of nitrogens with one attached hydrogen (secondary N) is 1. The van der Waals surface area contributed by atoms with Crippen molar-refractivity contribution < 1.29 is 37.4 Å². The molecule has 2 saturated carbocycles. The molecule has 1 aromatic heterocycles. The van der Waals surface area contributed by atoms with Gasteiger partial charge in [0, 0.05) is 17.9 Å². The topological polar surface area (TPSA) is 120 Å². The molecule has 1 aromatic carbocycles. The molecule has 0 spiro atoms. The molecule has 1 N–H and O–H groups in total. The van der Waals surface area contributed by atoms with Crippen LogP contribution in [0.5, 0.6) is 11.6 Å². The van der Waals surface area contributed by atoms with E-state index < -0.39 is 59.3 Å². The van der Waals surface area contributed by atoms with E-state index in [4.69, 9.17) is 19.2 Å². The fourth-order valence-corrected chi connectivity index (χ4v) is 7.32. The molecule has 0 radical (unpaired) electrons. The Hall–Kier alpha value is -3.57. The highest BCUT2D eigenvalue weighted by Crippen LogP contribution is 2.64. The summed E-state index contributed by atoms with van der Waals surface area (Å²) in [5.74, 6) is -5.58. The predicted octanol–water partition coefficient (Wildman–Crippen LogP) is 5.27. The number of methoxy groups -OCH3 is 1. The standard InChI is InChI=1S/C33H42F2N4O6/c1-7-19-24-15-39(27(19)16(2)40)30(41)28(32(3,4)5)38-31(42)45-23-13-17(23)9-8-10-20-25(33(20,34)35)26-29(44-24)37-22-14-18(43-6)11-12-21(22)36-26/h11-12,14,17,19-20,23-25,27-28H,7-10,13,15H2,1-6H3,(H,38,42)/t17-,19-,20?,23-,24+,25?,27-,28-/m1/s1. The number of alkyl halides is 2. The molecule has 10 nitrogen and oxygen atoms in total. The van der Waals surface area contributed by atoms with Crippen molar-refractivity contribution in [1.82, 2.24) is 20.2 Å². The molecule has 45 heavy (non-hydrogen) atoms. The molecule has 2 amide bonds. The number of nitrogens with zero attached hydrogens (tertiary/aromatic N) is 3. The highest BCUT2D eigenvalue weighted by molar-refractivity contribution is 5.92. The smallest absolute Gasteiger partial charge is 0.408 e. The summed E-state index contributed by atoms with van der Waals surface area (Å²) in [6, 6.07) is 3.25. The molecule has 2 unspecified atom stereocenters. The lowest BCUT2D eigenvalue weighted by Crippen LogP contribution is -2.57. The van der Waals surface area contributed by atoms with Crippen molar-refractivity contribution in [3.05, 3.63) is 23.9 Å². The lowest BCUT2D eigenvalue weighted by Gasteiger charge is -2.35. The Balaban J connectivity index is 1.43. The van der Waals surface area contributed by atoms with Crippen LogP contribution in [0.4, 0.5) is 13.6 Å². The molecular weight excluding hydrogens is 586 g/mol. The van der Waals surface area contributed by atoms with Gasteiger partial charge in [-0.3, -0.25) is 9.59 Å². The summed E-state index contributed by atoms with van der Waals surface area (Å²) in [6.07, 6.45) is 0.881. The van der Waals surface area contributed by atoms with Gasteiger partial charge in [0.05, 0.1) is 36.6 Å². The van der Waals surface area contributed by atoms with E-state index in [2.05, 4.69) is 10.3 Å². The second kappa shape index (κ2) is 11.3. The Kier molecular flexibility index (Phi) is 7.92. The van der Waals surface area contributed by atoms with Crippen LogP contribution < -0.4 is 14.8 Å². The maximum atomic E-state index is 15.5. The van der Waals surface area contributed by atoms with Gasteiger partial charge in [0.1, 0.15) is 29.7 Å². The van der Waals surface area contributed by atoms with Crippen molar-refractivity contribution >= 4 is 28.8 Å². The molecule has 1 saturated heterocycles. The number of carbonyl (C=O) groups excluding carboxylic acids is 3. The number of ketones is 1. The summed E-state index contributed by atoms with van der Waals surface area (Å²) < 4.78 is 48.4. The number of hydrogen-bond donors (Lipinski definition) is 1. The average molecular weight is 629 g/mol. The molecule has 2 aliphatic carbocycles. The molecule has 3 fully saturated rings. The SMILES string of the molecule is CC[C@@H]1[C@@H]2CN(C(=O)[C@H](C(C)(C)C)NC(=O)O[C@@H]3C[C@H]3CCCC3C(c4nc5ccc(OC)cc5nc4O2)C3(F)F)[C@@H]1C(C)=O. The first kappa shape index (κ1) is 31.4. The van der Waals surface area contributed by atoms with Gasteiger partial charge in [0.15, 0.2) is 5.78 Å². The zero-order valence-electron chi connectivity index (χ0n) is 26.6. The van der Waals surface area contributed by atoms with E-state index in [9.17, 15) is 14.4 Å². The number of aromatic nitrogens is 2. The zero-order chi connectivity index (χ0) is 32.4. The van der Waals surface area contributed by atoms with Crippen molar-refractivity contribution in [1.29, 1.82) is 0 Å². The number of benzene rings is 1. The number of Topliss-reactive ketones (excluding diaryl/α,β-unsaturated/α-hetero) is 1. The van der Waals surface area contributed by atoms with Gasteiger partial charge >= 0.3 is 6.09 Å². The van der Waals surface area contributed by atoms with Gasteiger partial charge in [-0.15, -0.1) is 0 Å². The van der Waals surface area contributed by atoms with Gasteiger partial charge in [0.2, 0.25) is 11.8 Å². The van der Waals surface area contributed by atoms with Gasteiger partial charge in [-0.2, -0.15) is 0 Å². The Labute approximate surface area is 261 Å². The quantitative estimate of drug-likeness (QED) is 0.488. The summed E-state index contributed by atoms with van der Waals surface area (Å²) in [5, 5.41) is 2.78. The molecule has 4 aliphatic rings. The highest BCUT2D eigenvalue weighted by atomic mass is 19.3. The number of ether oxygens (including phenoxy) is 3. The van der Waals surface area contributed by atoms with Crippen LogP contribution >= 0.6 is 0 Å². The first-order chi connectivity index (χ1) is 21.2. The van der Waals surface area contributed by atoms with Crippen LogP contribution in [0, 0.1) is 23.2 Å². The molecule has 12 heteroatoms. The minimum Gasteiger partial charge on any atom is -0.497 e. The summed E-state index contributed by atoms with van der Waals surface area (Å²) in [5.41, 5.74) is 0.258. The van der Waals surface area contributed by atoms with Crippen LogP contribution in [0.25, 0.3) is 11.0 Å². The maximum Gasteiger partial charge on any atom is 0.408 e. The Morgan fingerprint density at radius 2 is 1.89 bits per heavy atom. The third-order valence-corrected chi connectivity index (χ3v) is 9.97. The average Bonchev–Trinajstić information content (AvgIpc) is 3.78. The molecule has 2 bridgehead atoms. The molecule has 8 atom stereocenters. The normalized spacial score (nSPS) is 32.9. The number of fused-ring (bicyclic) bond motifs is 7. The van der Waals surface area contributed by atoms with Crippen LogP contribution in [-0.4, -0.2) is 76.5 Å². The third-order valence-electron chi connectivity index (χ3n) is 9.97. The van der Waals surface area contributed by atoms with E-state index in [1.165, 1.54) is 18.9 Å². The fraction of sp³-hybridized carbons (Fsp3) is 0.667. The molecular formula is C33H42F2N4O6. The minimum atomic E-state index is -2.99. The number of amides is 2. The van der Waals surface area contributed by atoms with Gasteiger partial charge in [-0.05, 0) is 56.1 Å². The number of hydrogen-bond acceptors (Lipinski definition) is 8. The summed E-state index contributed by atoms with van der Waals surface area (Å²) in [4.78, 5) is 51.1. The van der Waals surface area contributed by atoms with Crippen molar-refractivity contribution in [3.8, 4) is 11.6 Å². The fourth-order valence-electron chi connectivity index (χ4n) is 7.32. The third kappa shape index (κ3) is 5.80. The number of rotatable bonds is 3. The Morgan fingerprint density at radius 1 is 1.13 bits per heavy atom. The van der Waals surface area contributed by atoms with E-state index in [-0.39, 0.29) is 42.3 Å². The van der Waals surface area contributed by atoms with E-state index in [1.54, 1.807) is 18.2 Å². The van der Waals surface area contributed by atoms with Gasteiger partial charge in [-0.25, -0.2) is 23.5 Å². The maximum absolute atomic E-state index is 15.5. The molecule has 6 rings (SSSR count). The number of halogens is 2. The first-order valence-corrected chi connectivity index (χ1v) is 15.9. The van der Waals surface area contributed by atoms with E-state index in [1.807, 2.05) is 27.7 Å². The summed E-state index contributed by atoms with van der Waals surface area (Å²) in [7, 11) is 1.52. The molecule has 2 aliphatic heterocycles. The molecule has 2 aromatic rings. The zero-order valence-corrected chi connectivity index (χ0v) is 26.6. The van der Waals surface area contributed by atoms with Gasteiger partial charge in [0.25, 0.3) is 5.92 Å². The molecule has 244 valence electrons. The lowest BCUT2D eigenvalue weighted by atomic mass is 9.85. The van der Waals surface area contributed by atoms with Crippen molar-refractivity contribution in [3.63, 3.8) is 0 Å². The monoisotopic (exact) mass is 628 g/mol. The van der Waals surface area contributed by atoms with Crippen molar-refractivity contribution in [2.24, 2.45) is 23.2 Å². The van der Waals surface area contributed by atoms with Crippen LogP contribution in [0.2, 0.25) is 0 Å². The van der Waals surface area contributed by atoms with E-state index in [0.717, 1.165) is 0 Å². The predicted molar refractivity (Wildman–Crippen MR) is 160 cm³/mol. The number of carbonyl (C=O) groups is 3. The summed E-state index contributed by atoms with van der Waals surface area (Å²) >= 11 is 0. The van der Waals surface area contributed by atoms with Gasteiger partial charge < -0.3 is 24.4 Å². The van der Waals surface area contributed by atoms with E-state index >= 15 is 8.78 Å². The molecule has 3 heterocycles. The van der Waals surface area contributed by atoms with E-state index in [0.29, 0.717) is 42.5 Å².